The highest BCUT2D eigenvalue weighted by molar-refractivity contribution is 5.85. The van der Waals surface area contributed by atoms with Gasteiger partial charge in [-0.05, 0) is 35.6 Å². The van der Waals surface area contributed by atoms with Gasteiger partial charge in [0.05, 0.1) is 7.11 Å². The summed E-state index contributed by atoms with van der Waals surface area (Å²) in [5, 5.41) is 12.7. The maximum Gasteiger partial charge on any atom is 0.121 e. The van der Waals surface area contributed by atoms with E-state index in [4.69, 9.17) is 4.74 Å². The molecule has 0 aliphatic rings. The second kappa shape index (κ2) is 5.54. The Morgan fingerprint density at radius 2 is 1.90 bits per heavy atom. The smallest absolute Gasteiger partial charge is 0.121 e. The van der Waals surface area contributed by atoms with Crippen molar-refractivity contribution in [2.75, 3.05) is 7.11 Å². The predicted octanol–water partition coefficient (Wildman–Crippen LogP) is 3.63. The molecule has 106 valence electrons. The Kier molecular flexibility index (Phi) is 3.59. The van der Waals surface area contributed by atoms with Crippen LogP contribution in [-0.4, -0.2) is 17.2 Å². The molecule has 0 spiro atoms. The lowest BCUT2D eigenvalue weighted by atomic mass is 9.97. The van der Waals surface area contributed by atoms with Crippen molar-refractivity contribution in [2.24, 2.45) is 0 Å². The lowest BCUT2D eigenvalue weighted by Gasteiger charge is -2.15. The van der Waals surface area contributed by atoms with Gasteiger partial charge in [-0.25, -0.2) is 0 Å². The van der Waals surface area contributed by atoms with Gasteiger partial charge in [0.15, 0.2) is 0 Å². The summed E-state index contributed by atoms with van der Waals surface area (Å²) in [5.74, 6) is 0.821. The van der Waals surface area contributed by atoms with E-state index in [0.29, 0.717) is 0 Å². The van der Waals surface area contributed by atoms with Gasteiger partial charge < -0.3 is 9.84 Å². The zero-order valence-electron chi connectivity index (χ0n) is 12.1. The van der Waals surface area contributed by atoms with Crippen molar-refractivity contribution in [3.63, 3.8) is 0 Å². The van der Waals surface area contributed by atoms with Crippen LogP contribution >= 0.6 is 0 Å². The largest absolute Gasteiger partial charge is 0.496 e. The van der Waals surface area contributed by atoms with Crippen LogP contribution < -0.4 is 4.74 Å². The molecule has 2 aromatic carbocycles. The van der Waals surface area contributed by atoms with Crippen LogP contribution in [0.15, 0.2) is 54.9 Å². The number of methoxy groups -OCH3 is 1. The van der Waals surface area contributed by atoms with Crippen molar-refractivity contribution in [1.82, 2.24) is 4.98 Å². The molecule has 0 saturated carbocycles. The molecule has 0 aliphatic heterocycles. The molecule has 0 aliphatic carbocycles. The van der Waals surface area contributed by atoms with E-state index in [2.05, 4.69) is 4.98 Å². The van der Waals surface area contributed by atoms with E-state index in [1.165, 1.54) is 0 Å². The van der Waals surface area contributed by atoms with Crippen LogP contribution in [0.4, 0.5) is 0 Å². The van der Waals surface area contributed by atoms with Crippen LogP contribution in [-0.2, 0) is 0 Å². The average Bonchev–Trinajstić information content (AvgIpc) is 2.53. The molecule has 3 nitrogen and oxygen atoms in total. The molecule has 0 amide bonds. The van der Waals surface area contributed by atoms with Gasteiger partial charge in [-0.2, -0.15) is 0 Å². The molecule has 0 fully saturated rings. The third-order valence-electron chi connectivity index (χ3n) is 3.73. The fraction of sp³-hybridized carbons (Fsp3) is 0.167. The minimum atomic E-state index is -0.701. The topological polar surface area (TPSA) is 42.4 Å². The highest BCUT2D eigenvalue weighted by Gasteiger charge is 2.15. The monoisotopic (exact) mass is 279 g/mol. The van der Waals surface area contributed by atoms with Crippen molar-refractivity contribution >= 4 is 10.8 Å². The number of aliphatic hydroxyl groups is 1. The predicted molar refractivity (Wildman–Crippen MR) is 83.5 cm³/mol. The Morgan fingerprint density at radius 3 is 2.67 bits per heavy atom. The number of hydrogen-bond donors (Lipinski definition) is 1. The van der Waals surface area contributed by atoms with Gasteiger partial charge in [0.25, 0.3) is 0 Å². The van der Waals surface area contributed by atoms with Crippen LogP contribution in [0.2, 0.25) is 0 Å². The third kappa shape index (κ3) is 2.48. The van der Waals surface area contributed by atoms with Crippen molar-refractivity contribution in [3.8, 4) is 5.75 Å². The van der Waals surface area contributed by atoms with Gasteiger partial charge in [-0.15, -0.1) is 0 Å². The molecule has 1 heterocycles. The summed E-state index contributed by atoms with van der Waals surface area (Å²) >= 11 is 0. The number of nitrogens with zero attached hydrogens (tertiary/aromatic N) is 1. The number of aliphatic hydroxyl groups excluding tert-OH is 1. The van der Waals surface area contributed by atoms with Gasteiger partial charge >= 0.3 is 0 Å². The number of pyridine rings is 1. The minimum Gasteiger partial charge on any atom is -0.496 e. The zero-order chi connectivity index (χ0) is 14.8. The molecule has 1 aromatic heterocycles. The molecule has 3 heteroatoms. The first kappa shape index (κ1) is 13.6. The molecule has 1 N–H and O–H groups in total. The Labute approximate surface area is 123 Å². The number of fused-ring (bicyclic) bond motifs is 1. The first-order valence-corrected chi connectivity index (χ1v) is 6.86. The zero-order valence-corrected chi connectivity index (χ0v) is 12.1. The van der Waals surface area contributed by atoms with Gasteiger partial charge in [-0.1, -0.05) is 30.3 Å². The summed E-state index contributed by atoms with van der Waals surface area (Å²) in [4.78, 5) is 4.23. The lowest BCUT2D eigenvalue weighted by Crippen LogP contribution is -2.02. The summed E-state index contributed by atoms with van der Waals surface area (Å²) in [6.45, 7) is 1.97. The van der Waals surface area contributed by atoms with Crippen molar-refractivity contribution in [1.29, 1.82) is 0 Å². The third-order valence-corrected chi connectivity index (χ3v) is 3.73. The standard InChI is InChI=1S/C18H17NO2/c1-12-9-13(7-8-17(12)21-2)18(20)16-11-19-10-14-5-3-4-6-15(14)16/h3-11,18,20H,1-2H3. The number of aromatic nitrogens is 1. The lowest BCUT2D eigenvalue weighted by molar-refractivity contribution is 0.221. The Hall–Kier alpha value is -2.39. The number of rotatable bonds is 3. The average molecular weight is 279 g/mol. The molecular formula is C18H17NO2. The van der Waals surface area contributed by atoms with E-state index in [9.17, 15) is 5.11 Å². The maximum atomic E-state index is 10.7. The second-order valence-electron chi connectivity index (χ2n) is 5.08. The van der Waals surface area contributed by atoms with Crippen LogP contribution in [0.25, 0.3) is 10.8 Å². The number of hydrogen-bond acceptors (Lipinski definition) is 3. The SMILES string of the molecule is COc1ccc(C(O)c2cncc3ccccc23)cc1C. The van der Waals surface area contributed by atoms with E-state index >= 15 is 0 Å². The van der Waals surface area contributed by atoms with E-state index in [1.54, 1.807) is 13.3 Å². The fourth-order valence-corrected chi connectivity index (χ4v) is 2.61. The van der Waals surface area contributed by atoms with Crippen molar-refractivity contribution in [3.05, 3.63) is 71.5 Å². The maximum absolute atomic E-state index is 10.7. The minimum absolute atomic E-state index is 0.701. The summed E-state index contributed by atoms with van der Waals surface area (Å²) in [7, 11) is 1.65. The van der Waals surface area contributed by atoms with E-state index in [-0.39, 0.29) is 0 Å². The molecule has 1 unspecified atom stereocenters. The number of ether oxygens (including phenoxy) is 1. The quantitative estimate of drug-likeness (QED) is 0.796. The van der Waals surface area contributed by atoms with Crippen LogP contribution in [0.5, 0.6) is 5.75 Å². The summed E-state index contributed by atoms with van der Waals surface area (Å²) in [6, 6.07) is 13.7. The molecule has 3 rings (SSSR count). The van der Waals surface area contributed by atoms with E-state index in [0.717, 1.165) is 33.2 Å². The molecule has 0 saturated heterocycles. The Balaban J connectivity index is 2.08. The Morgan fingerprint density at radius 1 is 1.10 bits per heavy atom. The van der Waals surface area contributed by atoms with Gasteiger partial charge in [0.1, 0.15) is 11.9 Å². The van der Waals surface area contributed by atoms with E-state index < -0.39 is 6.10 Å². The molecule has 1 atom stereocenters. The van der Waals surface area contributed by atoms with Gasteiger partial charge in [-0.3, -0.25) is 4.98 Å². The molecule has 21 heavy (non-hydrogen) atoms. The van der Waals surface area contributed by atoms with Crippen molar-refractivity contribution in [2.45, 2.75) is 13.0 Å². The molecule has 0 radical (unpaired) electrons. The normalized spacial score (nSPS) is 12.3. The summed E-state index contributed by atoms with van der Waals surface area (Å²) in [5.41, 5.74) is 2.66. The molecular weight excluding hydrogens is 262 g/mol. The highest BCUT2D eigenvalue weighted by atomic mass is 16.5. The van der Waals surface area contributed by atoms with Gasteiger partial charge in [0.2, 0.25) is 0 Å². The number of benzene rings is 2. The van der Waals surface area contributed by atoms with Gasteiger partial charge in [0, 0.05) is 23.3 Å². The fourth-order valence-electron chi connectivity index (χ4n) is 2.61. The first-order chi connectivity index (χ1) is 10.2. The molecule has 3 aromatic rings. The van der Waals surface area contributed by atoms with Crippen molar-refractivity contribution < 1.29 is 9.84 Å². The van der Waals surface area contributed by atoms with Crippen LogP contribution in [0, 0.1) is 6.92 Å². The second-order valence-corrected chi connectivity index (χ2v) is 5.08. The highest BCUT2D eigenvalue weighted by Crippen LogP contribution is 2.30. The summed E-state index contributed by atoms with van der Waals surface area (Å²) < 4.78 is 5.26. The first-order valence-electron chi connectivity index (χ1n) is 6.86. The summed E-state index contributed by atoms with van der Waals surface area (Å²) in [6.07, 6.45) is 2.84. The van der Waals surface area contributed by atoms with E-state index in [1.807, 2.05) is 55.6 Å². The number of aryl methyl sites for hydroxylation is 1. The van der Waals surface area contributed by atoms with Crippen LogP contribution in [0.3, 0.4) is 0 Å². The Bertz CT molecular complexity index is 778. The van der Waals surface area contributed by atoms with Crippen LogP contribution in [0.1, 0.15) is 22.8 Å². The molecule has 0 bridgehead atoms.